The van der Waals surface area contributed by atoms with Crippen LogP contribution in [0, 0.1) is 25.2 Å². The molecule has 8 rings (SSSR count). The number of nitrogens with zero attached hydrogens (tertiary/aromatic N) is 10. The van der Waals surface area contributed by atoms with Gasteiger partial charge in [-0.25, -0.2) is 15.2 Å². The third kappa shape index (κ3) is 10.4. The summed E-state index contributed by atoms with van der Waals surface area (Å²) in [6, 6.07) is 17.4. The Morgan fingerprint density at radius 2 is 1.53 bits per heavy atom. The summed E-state index contributed by atoms with van der Waals surface area (Å²) in [4.78, 5) is 7.23. The first-order valence-corrected chi connectivity index (χ1v) is 26.1. The summed E-state index contributed by atoms with van der Waals surface area (Å²) in [5, 5.41) is 70.8. The summed E-state index contributed by atoms with van der Waals surface area (Å²) in [6.07, 6.45) is -0.199. The zero-order valence-corrected chi connectivity index (χ0v) is 40.8. The average molecular weight is 1080 g/mol. The number of ether oxygens (including phenoxy) is 2. The van der Waals surface area contributed by atoms with Gasteiger partial charge in [-0.05, 0) is 79.7 Å². The fourth-order valence-electron chi connectivity index (χ4n) is 7.16. The molecule has 0 aliphatic heterocycles. The Bertz CT molecular complexity index is 4030. The number of phenols is 1. The number of azo groups is 3. The van der Waals surface area contributed by atoms with Crippen molar-refractivity contribution in [2.45, 2.75) is 35.0 Å². The predicted octanol–water partition coefficient (Wildman–Crippen LogP) is 9.98. The minimum atomic E-state index is -5.11. The van der Waals surface area contributed by atoms with E-state index in [1.165, 1.54) is 48.8 Å². The minimum absolute atomic E-state index is 0.0180. The van der Waals surface area contributed by atoms with Gasteiger partial charge in [-0.3, -0.25) is 18.1 Å². The molecule has 0 fully saturated rings. The van der Waals surface area contributed by atoms with E-state index in [0.29, 0.717) is 16.6 Å². The van der Waals surface area contributed by atoms with Crippen LogP contribution in [0.1, 0.15) is 23.1 Å². The molecule has 3 aromatic heterocycles. The number of aromatic nitrogens is 3. The molecule has 72 heavy (non-hydrogen) atoms. The number of hydrogen-bond donors (Lipinski definition) is 6. The van der Waals surface area contributed by atoms with E-state index in [0.717, 1.165) is 23.5 Å². The second-order valence-electron chi connectivity index (χ2n) is 15.0. The Balaban J connectivity index is 1.22. The topological polar surface area (TPSA) is 389 Å². The number of benzene rings is 5. The molecule has 0 saturated heterocycles. The smallest absolute Gasteiger partial charge is 0.299 e. The van der Waals surface area contributed by atoms with Gasteiger partial charge in [0.05, 0.1) is 63.3 Å². The molecule has 0 amide bonds. The van der Waals surface area contributed by atoms with Crippen LogP contribution in [0.15, 0.2) is 112 Å². The summed E-state index contributed by atoms with van der Waals surface area (Å²) < 4.78 is 119. The maximum Gasteiger partial charge on any atom is 0.299 e. The second kappa shape index (κ2) is 20.0. The normalized spacial score (nSPS) is 12.7. The van der Waals surface area contributed by atoms with Gasteiger partial charge in [0, 0.05) is 17.0 Å². The first-order valence-electron chi connectivity index (χ1n) is 20.0. The molecule has 0 radical (unpaired) electrons. The van der Waals surface area contributed by atoms with E-state index in [-0.39, 0.29) is 101 Å². The summed E-state index contributed by atoms with van der Waals surface area (Å²) in [5.41, 5.74) is 0.476. The third-order valence-corrected chi connectivity index (χ3v) is 14.7. The number of phenolic OH excluding ortho intramolecular Hbond substituents is 1. The van der Waals surface area contributed by atoms with Crippen molar-refractivity contribution in [1.29, 1.82) is 5.26 Å². The van der Waals surface area contributed by atoms with E-state index in [4.69, 9.17) is 14.7 Å². The van der Waals surface area contributed by atoms with Crippen molar-refractivity contribution in [3.8, 4) is 29.2 Å². The van der Waals surface area contributed by atoms with Crippen LogP contribution in [-0.2, 0) is 39.7 Å². The molecule has 26 nitrogen and oxygen atoms in total. The van der Waals surface area contributed by atoms with Crippen molar-refractivity contribution in [2.75, 3.05) is 19.5 Å². The molecule has 0 unspecified atom stereocenters. The lowest BCUT2D eigenvalue weighted by atomic mass is 10.1. The molecular formula is C41H32N10O16S5. The first-order chi connectivity index (χ1) is 34.1. The van der Waals surface area contributed by atoms with Crippen molar-refractivity contribution in [3.63, 3.8) is 0 Å². The lowest BCUT2D eigenvalue weighted by Gasteiger charge is -2.13. The molecule has 3 heterocycles. The van der Waals surface area contributed by atoms with Crippen molar-refractivity contribution in [2.24, 2.45) is 30.7 Å². The van der Waals surface area contributed by atoms with Gasteiger partial charge in [-0.2, -0.15) is 30.5 Å². The number of para-hydroxylation sites is 2. The summed E-state index contributed by atoms with van der Waals surface area (Å²) in [5.74, 6) is -2.12. The number of aryl methyl sites for hydroxylation is 1. The number of nitriles is 1. The molecule has 0 bridgehead atoms. The SMILES string of the molecule is COc1ccc2nc(N=Nc3cc(OCCCS(=O)(=O)O)c(N=Nc4c(SOOO)cc5cc(S(=O)(=O)O)c(N=Nc6c(C)c(C#N)c7nc8ccccc8n7c6O)cc5c4O)cc3C)sc2c1S(=O)(=O)O. The Labute approximate surface area is 413 Å². The van der Waals surface area contributed by atoms with E-state index in [1.807, 2.05) is 6.07 Å². The maximum absolute atomic E-state index is 12.8. The molecule has 372 valence electrons. The van der Waals surface area contributed by atoms with E-state index >= 15 is 0 Å². The summed E-state index contributed by atoms with van der Waals surface area (Å²) in [7, 11) is -13.0. The van der Waals surface area contributed by atoms with Crippen LogP contribution in [0.2, 0.25) is 0 Å². The Morgan fingerprint density at radius 1 is 0.806 bits per heavy atom. The third-order valence-electron chi connectivity index (χ3n) is 10.4. The zero-order valence-electron chi connectivity index (χ0n) is 36.8. The number of aromatic hydroxyl groups is 2. The molecule has 0 saturated carbocycles. The van der Waals surface area contributed by atoms with Gasteiger partial charge in [0.15, 0.2) is 22.0 Å². The average Bonchev–Trinajstić information content (AvgIpc) is 3.92. The summed E-state index contributed by atoms with van der Waals surface area (Å²) in [6.45, 7) is 2.73. The standard InChI is InChI=1S/C41H32N10O16S5/c1-19-13-27(31(65-11-6-12-70(55,56)57)17-26(19)45-50-41-44-25-9-10-30(64-3)38(37(25)68-41)72(61,62)63)46-49-35-32(69-67-66-54)14-21-15-33(71(58,59)60)28(16-22(21)36(35)52)47-48-34-20(2)23(18-42)39-43-24-7-4-5-8-29(24)51(39)40(34)53/h4-5,7-10,13-17,52-54H,6,11-12H2,1-3H3,(H,55,56,57)(H,58,59,60)(H,61,62,63). The van der Waals surface area contributed by atoms with E-state index in [2.05, 4.69) is 50.0 Å². The highest BCUT2D eigenvalue weighted by atomic mass is 32.2. The second-order valence-corrected chi connectivity index (χ2v) is 21.0. The number of imidazole rings is 1. The van der Waals surface area contributed by atoms with Gasteiger partial charge in [-0.15, -0.1) is 35.0 Å². The van der Waals surface area contributed by atoms with Crippen LogP contribution < -0.4 is 9.47 Å². The lowest BCUT2D eigenvalue weighted by Crippen LogP contribution is -2.08. The molecular weight excluding hydrogens is 1050 g/mol. The number of pyridine rings is 1. The fourth-order valence-corrected chi connectivity index (χ4v) is 10.8. The monoisotopic (exact) mass is 1080 g/mol. The van der Waals surface area contributed by atoms with Gasteiger partial charge < -0.3 is 19.7 Å². The first kappa shape index (κ1) is 51.0. The quantitative estimate of drug-likeness (QED) is 0.0123. The molecule has 6 N–H and O–H groups in total. The van der Waals surface area contributed by atoms with Crippen LogP contribution in [0.5, 0.6) is 23.1 Å². The van der Waals surface area contributed by atoms with Crippen molar-refractivity contribution in [3.05, 3.63) is 83.4 Å². The highest BCUT2D eigenvalue weighted by Crippen LogP contribution is 2.48. The highest BCUT2D eigenvalue weighted by molar-refractivity contribution is 7.94. The van der Waals surface area contributed by atoms with E-state index < -0.39 is 68.9 Å². The molecule has 0 aliphatic rings. The molecule has 0 spiro atoms. The van der Waals surface area contributed by atoms with Gasteiger partial charge >= 0.3 is 0 Å². The number of hydrogen-bond acceptors (Lipinski definition) is 24. The minimum Gasteiger partial charge on any atom is -0.505 e. The van der Waals surface area contributed by atoms with Crippen molar-refractivity contribution < 1.29 is 73.2 Å². The van der Waals surface area contributed by atoms with Crippen molar-refractivity contribution >= 4 is 125 Å². The van der Waals surface area contributed by atoms with E-state index in [9.17, 15) is 54.4 Å². The van der Waals surface area contributed by atoms with Gasteiger partial charge in [0.2, 0.25) is 11.0 Å². The van der Waals surface area contributed by atoms with Crippen LogP contribution in [0.4, 0.5) is 33.6 Å². The number of rotatable bonds is 17. The predicted molar refractivity (Wildman–Crippen MR) is 256 cm³/mol. The molecule has 5 aromatic carbocycles. The molecule has 0 aliphatic carbocycles. The summed E-state index contributed by atoms with van der Waals surface area (Å²) >= 11 is 1.06. The zero-order chi connectivity index (χ0) is 51.9. The Morgan fingerprint density at radius 3 is 2.22 bits per heavy atom. The van der Waals surface area contributed by atoms with Crippen LogP contribution >= 0.6 is 23.4 Å². The largest absolute Gasteiger partial charge is 0.505 e. The van der Waals surface area contributed by atoms with Crippen LogP contribution in [0.25, 0.3) is 37.7 Å². The van der Waals surface area contributed by atoms with Gasteiger partial charge in [0.25, 0.3) is 30.4 Å². The van der Waals surface area contributed by atoms with Crippen LogP contribution in [-0.4, -0.2) is 88.2 Å². The molecule has 0 atom stereocenters. The van der Waals surface area contributed by atoms with Crippen LogP contribution in [0.3, 0.4) is 0 Å². The number of thiazole rings is 1. The molecule has 8 aromatic rings. The molecule has 31 heteroatoms. The van der Waals surface area contributed by atoms with Crippen molar-refractivity contribution in [1.82, 2.24) is 14.4 Å². The van der Waals surface area contributed by atoms with E-state index in [1.54, 1.807) is 31.2 Å². The Hall–Kier alpha value is -7.35. The highest BCUT2D eigenvalue weighted by Gasteiger charge is 2.26. The Kier molecular flexibility index (Phi) is 14.2. The lowest BCUT2D eigenvalue weighted by molar-refractivity contribution is -0.432. The number of fused-ring (bicyclic) bond motifs is 5. The fraction of sp³-hybridized carbons (Fsp3) is 0.146. The number of methoxy groups -OCH3 is 1. The maximum atomic E-state index is 12.8. The van der Waals surface area contributed by atoms with Gasteiger partial charge in [-0.1, -0.05) is 28.5 Å². The van der Waals surface area contributed by atoms with Gasteiger partial charge in [0.1, 0.15) is 45.1 Å².